The Labute approximate surface area is 177 Å². The molecular formula is C20H14F4N6O2. The first kappa shape index (κ1) is 21.2. The van der Waals surface area contributed by atoms with Gasteiger partial charge in [0.2, 0.25) is 5.91 Å². The molecule has 0 unspecified atom stereocenters. The fourth-order valence-corrected chi connectivity index (χ4v) is 3.08. The minimum Gasteiger partial charge on any atom is -0.324 e. The quantitative estimate of drug-likeness (QED) is 0.476. The van der Waals surface area contributed by atoms with Crippen molar-refractivity contribution in [1.29, 1.82) is 0 Å². The Bertz CT molecular complexity index is 1360. The van der Waals surface area contributed by atoms with Crippen LogP contribution in [-0.2, 0) is 24.1 Å². The van der Waals surface area contributed by atoms with Crippen molar-refractivity contribution in [3.63, 3.8) is 0 Å². The lowest BCUT2D eigenvalue weighted by atomic mass is 10.1. The Morgan fingerprint density at radius 2 is 1.78 bits per heavy atom. The van der Waals surface area contributed by atoms with E-state index in [1.165, 1.54) is 28.9 Å². The van der Waals surface area contributed by atoms with Crippen LogP contribution < -0.4 is 10.9 Å². The van der Waals surface area contributed by atoms with Crippen LogP contribution in [-0.4, -0.2) is 30.5 Å². The van der Waals surface area contributed by atoms with Gasteiger partial charge in [0, 0.05) is 5.56 Å². The molecule has 0 aliphatic rings. The number of carbonyl (C=O) groups is 1. The van der Waals surface area contributed by atoms with Gasteiger partial charge in [0.1, 0.15) is 18.7 Å². The van der Waals surface area contributed by atoms with E-state index in [4.69, 9.17) is 0 Å². The predicted molar refractivity (Wildman–Crippen MR) is 105 cm³/mol. The first-order valence-electron chi connectivity index (χ1n) is 9.22. The van der Waals surface area contributed by atoms with Crippen molar-refractivity contribution in [3.8, 4) is 0 Å². The van der Waals surface area contributed by atoms with Crippen molar-refractivity contribution >= 4 is 22.8 Å². The SMILES string of the molecule is O=C(Cn1cnc2c(nnn2Cc2ccccc2F)c1=O)Nc1ccccc1C(F)(F)F. The number of rotatable bonds is 5. The molecule has 0 atom stereocenters. The molecule has 0 aliphatic heterocycles. The van der Waals surface area contributed by atoms with Gasteiger partial charge >= 0.3 is 6.18 Å². The van der Waals surface area contributed by atoms with Crippen molar-refractivity contribution < 1.29 is 22.4 Å². The number of hydrogen-bond acceptors (Lipinski definition) is 5. The van der Waals surface area contributed by atoms with Crippen LogP contribution in [0.4, 0.5) is 23.2 Å². The maximum absolute atomic E-state index is 13.9. The maximum atomic E-state index is 13.9. The van der Waals surface area contributed by atoms with E-state index in [0.717, 1.165) is 23.0 Å². The van der Waals surface area contributed by atoms with Gasteiger partial charge in [-0.3, -0.25) is 14.2 Å². The number of anilines is 1. The van der Waals surface area contributed by atoms with Crippen LogP contribution in [0.3, 0.4) is 0 Å². The van der Waals surface area contributed by atoms with E-state index in [-0.39, 0.29) is 17.7 Å². The molecule has 164 valence electrons. The number of aromatic nitrogens is 5. The lowest BCUT2D eigenvalue weighted by molar-refractivity contribution is -0.137. The van der Waals surface area contributed by atoms with Crippen LogP contribution in [0.15, 0.2) is 59.7 Å². The number of nitrogens with one attached hydrogen (secondary N) is 1. The van der Waals surface area contributed by atoms with Crippen LogP contribution in [0.25, 0.3) is 11.2 Å². The molecule has 4 aromatic rings. The summed E-state index contributed by atoms with van der Waals surface area (Å²) in [4.78, 5) is 29.0. The molecule has 0 radical (unpaired) electrons. The van der Waals surface area contributed by atoms with E-state index in [0.29, 0.717) is 5.56 Å². The molecule has 8 nitrogen and oxygen atoms in total. The van der Waals surface area contributed by atoms with E-state index in [1.54, 1.807) is 12.1 Å². The molecule has 1 N–H and O–H groups in total. The Hall–Kier alpha value is -4.09. The Morgan fingerprint density at radius 3 is 2.53 bits per heavy atom. The van der Waals surface area contributed by atoms with Gasteiger partial charge in [-0.15, -0.1) is 5.10 Å². The zero-order valence-corrected chi connectivity index (χ0v) is 16.2. The fraction of sp³-hybridized carbons (Fsp3) is 0.150. The van der Waals surface area contributed by atoms with Crippen molar-refractivity contribution in [1.82, 2.24) is 24.5 Å². The lowest BCUT2D eigenvalue weighted by Gasteiger charge is -2.13. The van der Waals surface area contributed by atoms with Crippen LogP contribution in [0.5, 0.6) is 0 Å². The summed E-state index contributed by atoms with van der Waals surface area (Å²) in [6.07, 6.45) is -3.60. The highest BCUT2D eigenvalue weighted by Gasteiger charge is 2.33. The zero-order valence-electron chi connectivity index (χ0n) is 16.2. The van der Waals surface area contributed by atoms with Gasteiger partial charge in [-0.25, -0.2) is 14.1 Å². The lowest BCUT2D eigenvalue weighted by Crippen LogP contribution is -2.28. The number of alkyl halides is 3. The molecule has 2 heterocycles. The minimum absolute atomic E-state index is 0.0195. The molecule has 32 heavy (non-hydrogen) atoms. The molecule has 2 aromatic heterocycles. The third-order valence-corrected chi connectivity index (χ3v) is 4.59. The van der Waals surface area contributed by atoms with E-state index in [1.807, 2.05) is 0 Å². The number of fused-ring (bicyclic) bond motifs is 1. The number of para-hydroxylation sites is 1. The largest absolute Gasteiger partial charge is 0.418 e. The summed E-state index contributed by atoms with van der Waals surface area (Å²) >= 11 is 0. The number of carbonyl (C=O) groups excluding carboxylic acids is 1. The Balaban J connectivity index is 1.56. The average molecular weight is 446 g/mol. The second-order valence-corrected chi connectivity index (χ2v) is 6.78. The standard InChI is InChI=1S/C20H14F4N6O2/c21-14-7-3-1-5-12(14)9-30-18-17(27-28-30)19(32)29(11-25-18)10-16(31)26-15-8-4-2-6-13(15)20(22,23)24/h1-8,11H,9-10H2,(H,26,31). The number of hydrogen-bond donors (Lipinski definition) is 1. The molecule has 0 bridgehead atoms. The molecule has 12 heteroatoms. The van der Waals surface area contributed by atoms with Gasteiger partial charge in [0.05, 0.1) is 17.8 Å². The van der Waals surface area contributed by atoms with E-state index in [2.05, 4.69) is 20.6 Å². The van der Waals surface area contributed by atoms with Crippen molar-refractivity contribution in [2.45, 2.75) is 19.3 Å². The molecule has 0 saturated carbocycles. The summed E-state index contributed by atoms with van der Waals surface area (Å²) in [6, 6.07) is 10.5. The number of amides is 1. The molecule has 1 amide bonds. The molecular weight excluding hydrogens is 432 g/mol. The first-order valence-corrected chi connectivity index (χ1v) is 9.22. The number of nitrogens with zero attached hydrogens (tertiary/aromatic N) is 5. The smallest absolute Gasteiger partial charge is 0.324 e. The summed E-state index contributed by atoms with van der Waals surface area (Å²) in [6.45, 7) is -0.609. The van der Waals surface area contributed by atoms with E-state index < -0.39 is 41.3 Å². The van der Waals surface area contributed by atoms with Gasteiger partial charge < -0.3 is 5.32 Å². The second kappa shape index (κ2) is 8.21. The monoisotopic (exact) mass is 446 g/mol. The van der Waals surface area contributed by atoms with Gasteiger partial charge in [-0.05, 0) is 18.2 Å². The molecule has 4 rings (SSSR count). The highest BCUT2D eigenvalue weighted by atomic mass is 19.4. The number of benzene rings is 2. The van der Waals surface area contributed by atoms with Crippen molar-refractivity contribution in [3.05, 3.63) is 82.2 Å². The average Bonchev–Trinajstić information content (AvgIpc) is 3.15. The predicted octanol–water partition coefficient (Wildman–Crippen LogP) is 2.83. The third-order valence-electron chi connectivity index (χ3n) is 4.59. The molecule has 2 aromatic carbocycles. The second-order valence-electron chi connectivity index (χ2n) is 6.78. The Kier molecular flexibility index (Phi) is 5.43. The van der Waals surface area contributed by atoms with Gasteiger partial charge in [0.25, 0.3) is 5.56 Å². The van der Waals surface area contributed by atoms with Crippen LogP contribution in [0.1, 0.15) is 11.1 Å². The first-order chi connectivity index (χ1) is 15.2. The Morgan fingerprint density at radius 1 is 1.06 bits per heavy atom. The van der Waals surface area contributed by atoms with Gasteiger partial charge in [-0.1, -0.05) is 35.5 Å². The van der Waals surface area contributed by atoms with Crippen LogP contribution >= 0.6 is 0 Å². The summed E-state index contributed by atoms with van der Waals surface area (Å²) < 4.78 is 55.3. The highest BCUT2D eigenvalue weighted by molar-refractivity contribution is 5.91. The van der Waals surface area contributed by atoms with Gasteiger partial charge in [-0.2, -0.15) is 13.2 Å². The van der Waals surface area contributed by atoms with Crippen molar-refractivity contribution in [2.24, 2.45) is 0 Å². The van der Waals surface area contributed by atoms with Gasteiger partial charge in [0.15, 0.2) is 11.2 Å². The molecule has 0 spiro atoms. The van der Waals surface area contributed by atoms with Crippen LogP contribution in [0.2, 0.25) is 0 Å². The third kappa shape index (κ3) is 4.19. The minimum atomic E-state index is -4.65. The van der Waals surface area contributed by atoms with Crippen molar-refractivity contribution in [2.75, 3.05) is 5.32 Å². The maximum Gasteiger partial charge on any atom is 0.418 e. The fourth-order valence-electron chi connectivity index (χ4n) is 3.08. The van der Waals surface area contributed by atoms with E-state index in [9.17, 15) is 27.2 Å². The molecule has 0 saturated heterocycles. The normalized spacial score (nSPS) is 11.6. The van der Waals surface area contributed by atoms with E-state index >= 15 is 0 Å². The zero-order chi connectivity index (χ0) is 22.9. The highest BCUT2D eigenvalue weighted by Crippen LogP contribution is 2.34. The summed E-state index contributed by atoms with van der Waals surface area (Å²) in [5.74, 6) is -1.32. The molecule has 0 fully saturated rings. The summed E-state index contributed by atoms with van der Waals surface area (Å²) in [5, 5.41) is 9.73. The topological polar surface area (TPSA) is 94.7 Å². The number of halogens is 4. The molecule has 0 aliphatic carbocycles. The summed E-state index contributed by atoms with van der Waals surface area (Å²) in [7, 11) is 0. The van der Waals surface area contributed by atoms with Crippen LogP contribution in [0, 0.1) is 5.82 Å². The summed E-state index contributed by atoms with van der Waals surface area (Å²) in [5.41, 5.74) is -1.92.